The van der Waals surface area contributed by atoms with Crippen LogP contribution in [-0.2, 0) is 19.7 Å². The van der Waals surface area contributed by atoms with Crippen molar-refractivity contribution in [3.63, 3.8) is 0 Å². The van der Waals surface area contributed by atoms with Crippen LogP contribution in [0.15, 0.2) is 45.4 Å². The van der Waals surface area contributed by atoms with Crippen LogP contribution < -0.4 is 4.74 Å². The number of amides is 1. The zero-order chi connectivity index (χ0) is 20.3. The summed E-state index contributed by atoms with van der Waals surface area (Å²) in [5.74, 6) is 1.50. The van der Waals surface area contributed by atoms with Crippen LogP contribution in [0.2, 0.25) is 0 Å². The minimum Gasteiger partial charge on any atom is -0.486 e. The van der Waals surface area contributed by atoms with E-state index in [9.17, 15) is 4.79 Å². The Labute approximate surface area is 173 Å². The van der Waals surface area contributed by atoms with E-state index in [0.29, 0.717) is 18.1 Å². The van der Waals surface area contributed by atoms with Crippen molar-refractivity contribution in [1.82, 2.24) is 14.7 Å². The molecule has 0 bridgehead atoms. The van der Waals surface area contributed by atoms with E-state index in [1.807, 2.05) is 37.6 Å². The number of halogens is 1. The van der Waals surface area contributed by atoms with Crippen LogP contribution in [-0.4, -0.2) is 27.6 Å². The van der Waals surface area contributed by atoms with Crippen LogP contribution in [0, 0.1) is 13.8 Å². The van der Waals surface area contributed by atoms with Gasteiger partial charge in [-0.2, -0.15) is 5.10 Å². The fraction of sp³-hybridized carbons (Fsp3) is 0.333. The van der Waals surface area contributed by atoms with Crippen LogP contribution in [0.4, 0.5) is 0 Å². The molecule has 0 saturated carbocycles. The topological polar surface area (TPSA) is 60.5 Å². The Hall–Kier alpha value is -2.54. The number of carbonyl (C=O) groups is 1. The highest BCUT2D eigenvalue weighted by Crippen LogP contribution is 2.21. The molecular formula is C21H24BrN3O3. The average Bonchev–Trinajstić information content (AvgIpc) is 3.26. The third-order valence-corrected chi connectivity index (χ3v) is 5.04. The number of carbonyl (C=O) groups excluding carboxylic acids is 1. The molecule has 3 aromatic rings. The van der Waals surface area contributed by atoms with Crippen molar-refractivity contribution in [2.24, 2.45) is 0 Å². The van der Waals surface area contributed by atoms with E-state index in [1.54, 1.807) is 30.3 Å². The van der Waals surface area contributed by atoms with Crippen molar-refractivity contribution >= 4 is 21.8 Å². The van der Waals surface area contributed by atoms with Crippen LogP contribution in [0.1, 0.15) is 40.1 Å². The molecule has 148 valence electrons. The highest BCUT2D eigenvalue weighted by atomic mass is 79.9. The van der Waals surface area contributed by atoms with Crippen molar-refractivity contribution in [1.29, 1.82) is 0 Å². The Balaban J connectivity index is 1.63. The minimum atomic E-state index is -0.187. The lowest BCUT2D eigenvalue weighted by Gasteiger charge is -2.17. The number of ether oxygens (including phenoxy) is 1. The number of furan rings is 1. The smallest absolute Gasteiger partial charge is 0.289 e. The third-order valence-electron chi connectivity index (χ3n) is 4.38. The predicted octanol–water partition coefficient (Wildman–Crippen LogP) is 4.73. The van der Waals surface area contributed by atoms with E-state index in [4.69, 9.17) is 9.15 Å². The summed E-state index contributed by atoms with van der Waals surface area (Å²) in [6, 6.07) is 9.51. The lowest BCUT2D eigenvalue weighted by atomic mass is 10.1. The van der Waals surface area contributed by atoms with E-state index < -0.39 is 0 Å². The molecular weight excluding hydrogens is 422 g/mol. The van der Waals surface area contributed by atoms with E-state index in [-0.39, 0.29) is 12.5 Å². The maximum atomic E-state index is 12.7. The van der Waals surface area contributed by atoms with Crippen molar-refractivity contribution in [2.45, 2.75) is 40.5 Å². The summed E-state index contributed by atoms with van der Waals surface area (Å²) < 4.78 is 14.3. The van der Waals surface area contributed by atoms with Gasteiger partial charge in [0.05, 0.1) is 22.9 Å². The molecule has 0 aliphatic heterocycles. The molecule has 0 saturated heterocycles. The fourth-order valence-corrected chi connectivity index (χ4v) is 3.46. The summed E-state index contributed by atoms with van der Waals surface area (Å²) in [6.07, 6.45) is 1.74. The highest BCUT2D eigenvalue weighted by molar-refractivity contribution is 9.10. The van der Waals surface area contributed by atoms with Crippen molar-refractivity contribution in [3.8, 4) is 5.75 Å². The molecule has 0 unspecified atom stereocenters. The molecule has 6 nitrogen and oxygen atoms in total. The standard InChI is InChI=1S/C21H24BrN3O3/c1-5-25-19(18(22)11-23-25)12-24(4)21(26)20-7-6-16(28-20)13-27-17-9-14(2)8-15(3)10-17/h6-11H,5,12-13H2,1-4H3. The summed E-state index contributed by atoms with van der Waals surface area (Å²) in [7, 11) is 1.75. The van der Waals surface area contributed by atoms with Gasteiger partial charge in [0.1, 0.15) is 18.1 Å². The fourth-order valence-electron chi connectivity index (χ4n) is 3.04. The number of rotatable bonds is 7. The van der Waals surface area contributed by atoms with Crippen molar-refractivity contribution in [2.75, 3.05) is 7.05 Å². The number of hydrogen-bond acceptors (Lipinski definition) is 4. The van der Waals surface area contributed by atoms with Crippen molar-refractivity contribution in [3.05, 3.63) is 69.3 Å². The van der Waals surface area contributed by atoms with Gasteiger partial charge in [-0.1, -0.05) is 6.07 Å². The van der Waals surface area contributed by atoms with Gasteiger partial charge in [0.25, 0.3) is 5.91 Å². The number of aromatic nitrogens is 2. The van der Waals surface area contributed by atoms with Crippen LogP contribution in [0.25, 0.3) is 0 Å². The van der Waals surface area contributed by atoms with Gasteiger partial charge in [-0.25, -0.2) is 0 Å². The third kappa shape index (κ3) is 4.65. The predicted molar refractivity (Wildman–Crippen MR) is 110 cm³/mol. The second kappa shape index (κ2) is 8.65. The monoisotopic (exact) mass is 445 g/mol. The quantitative estimate of drug-likeness (QED) is 0.527. The lowest BCUT2D eigenvalue weighted by Crippen LogP contribution is -2.27. The molecule has 0 N–H and O–H groups in total. The lowest BCUT2D eigenvalue weighted by molar-refractivity contribution is 0.0745. The summed E-state index contributed by atoms with van der Waals surface area (Å²) in [5, 5.41) is 4.28. The SMILES string of the molecule is CCn1ncc(Br)c1CN(C)C(=O)c1ccc(COc2cc(C)cc(C)c2)o1. The number of benzene rings is 1. The molecule has 1 aromatic carbocycles. The first-order chi connectivity index (χ1) is 13.4. The van der Waals surface area contributed by atoms with Gasteiger partial charge < -0.3 is 14.1 Å². The Bertz CT molecular complexity index is 957. The molecule has 0 spiro atoms. The normalized spacial score (nSPS) is 10.9. The summed E-state index contributed by atoms with van der Waals surface area (Å²) >= 11 is 3.49. The Morgan fingerprint density at radius 3 is 2.64 bits per heavy atom. The largest absolute Gasteiger partial charge is 0.486 e. The molecule has 3 rings (SSSR count). The van der Waals surface area contributed by atoms with E-state index >= 15 is 0 Å². The number of aryl methyl sites for hydroxylation is 3. The summed E-state index contributed by atoms with van der Waals surface area (Å²) in [5.41, 5.74) is 3.23. The van der Waals surface area contributed by atoms with Gasteiger partial charge in [0.2, 0.25) is 0 Å². The van der Waals surface area contributed by atoms with Gasteiger partial charge in [-0.15, -0.1) is 0 Å². The average molecular weight is 446 g/mol. The number of nitrogens with zero attached hydrogens (tertiary/aromatic N) is 3. The molecule has 0 aliphatic carbocycles. The molecule has 0 atom stereocenters. The summed E-state index contributed by atoms with van der Waals surface area (Å²) in [4.78, 5) is 14.3. The molecule has 1 amide bonds. The van der Waals surface area contributed by atoms with Gasteiger partial charge in [-0.05, 0) is 72.1 Å². The molecule has 2 aromatic heterocycles. The first kappa shape index (κ1) is 20.2. The Morgan fingerprint density at radius 2 is 1.96 bits per heavy atom. The van der Waals surface area contributed by atoms with E-state index in [0.717, 1.165) is 33.6 Å². The highest BCUT2D eigenvalue weighted by Gasteiger charge is 2.19. The first-order valence-electron chi connectivity index (χ1n) is 9.12. The molecule has 0 fully saturated rings. The Kier molecular flexibility index (Phi) is 6.24. The second-order valence-electron chi connectivity index (χ2n) is 6.79. The maximum absolute atomic E-state index is 12.7. The Morgan fingerprint density at radius 1 is 1.25 bits per heavy atom. The van der Waals surface area contributed by atoms with Gasteiger partial charge in [-0.3, -0.25) is 9.48 Å². The van der Waals surface area contributed by atoms with Crippen LogP contribution in [0.5, 0.6) is 5.75 Å². The van der Waals surface area contributed by atoms with Crippen LogP contribution >= 0.6 is 15.9 Å². The number of hydrogen-bond donors (Lipinski definition) is 0. The van der Waals surface area contributed by atoms with E-state index in [1.165, 1.54) is 0 Å². The second-order valence-corrected chi connectivity index (χ2v) is 7.65. The summed E-state index contributed by atoms with van der Waals surface area (Å²) in [6.45, 7) is 7.52. The van der Waals surface area contributed by atoms with Gasteiger partial charge >= 0.3 is 0 Å². The molecule has 28 heavy (non-hydrogen) atoms. The molecule has 2 heterocycles. The minimum absolute atomic E-state index is 0.187. The maximum Gasteiger partial charge on any atom is 0.289 e. The van der Waals surface area contributed by atoms with Gasteiger partial charge in [0.15, 0.2) is 5.76 Å². The first-order valence-corrected chi connectivity index (χ1v) is 9.92. The zero-order valence-corrected chi connectivity index (χ0v) is 18.1. The van der Waals surface area contributed by atoms with E-state index in [2.05, 4.69) is 27.1 Å². The molecule has 0 radical (unpaired) electrons. The molecule has 0 aliphatic rings. The van der Waals surface area contributed by atoms with Crippen LogP contribution in [0.3, 0.4) is 0 Å². The van der Waals surface area contributed by atoms with Gasteiger partial charge in [0, 0.05) is 13.6 Å². The molecule has 7 heteroatoms. The van der Waals surface area contributed by atoms with Crippen molar-refractivity contribution < 1.29 is 13.9 Å². The zero-order valence-electron chi connectivity index (χ0n) is 16.5.